The molecule has 0 heterocycles. The smallest absolute Gasteiger partial charge is 0.119 e. The Morgan fingerprint density at radius 3 is 1.75 bits per heavy atom. The Kier molecular flexibility index (Phi) is 15.6. The maximum absolute atomic E-state index is 10.2. The van der Waals surface area contributed by atoms with Crippen molar-refractivity contribution in [2.45, 2.75) is 104 Å². The summed E-state index contributed by atoms with van der Waals surface area (Å²) in [5.41, 5.74) is 2.60. The fraction of sp³-hybridized carbons (Fsp3) is 0.727. The summed E-state index contributed by atoms with van der Waals surface area (Å²) < 4.78 is 0. The Morgan fingerprint density at radius 1 is 0.667 bits per heavy atom. The molecule has 0 aliphatic heterocycles. The molecule has 1 N–H and O–H groups in total. The van der Waals surface area contributed by atoms with Gasteiger partial charge in [-0.1, -0.05) is 90.2 Å². The van der Waals surface area contributed by atoms with Crippen molar-refractivity contribution in [3.8, 4) is 5.75 Å². The van der Waals surface area contributed by atoms with Gasteiger partial charge < -0.3 is 5.11 Å². The van der Waals surface area contributed by atoms with E-state index >= 15 is 0 Å². The second kappa shape index (κ2) is 15.9. The summed E-state index contributed by atoms with van der Waals surface area (Å²) in [5.74, 6) is 0.516. The maximum Gasteiger partial charge on any atom is 0.119 e. The van der Waals surface area contributed by atoms with Gasteiger partial charge in [-0.05, 0) is 42.9 Å². The van der Waals surface area contributed by atoms with Crippen molar-refractivity contribution in [2.75, 3.05) is 0 Å². The normalized spacial score (nSPS) is 10.6. The van der Waals surface area contributed by atoms with Crippen molar-refractivity contribution in [3.63, 3.8) is 0 Å². The summed E-state index contributed by atoms with van der Waals surface area (Å²) in [6, 6.07) is 6.09. The second-order valence-corrected chi connectivity index (χ2v) is 6.95. The van der Waals surface area contributed by atoms with E-state index < -0.39 is 0 Å². The van der Waals surface area contributed by atoms with Crippen LogP contribution < -0.4 is 0 Å². The zero-order valence-electron chi connectivity index (χ0n) is 16.3. The zero-order valence-corrected chi connectivity index (χ0v) is 17.7. The molecule has 140 valence electrons. The topological polar surface area (TPSA) is 20.2 Å². The van der Waals surface area contributed by atoms with E-state index in [9.17, 15) is 5.11 Å². The quantitative estimate of drug-likeness (QED) is 0.276. The molecule has 1 rings (SSSR count). The van der Waals surface area contributed by atoms with Crippen LogP contribution in [0, 0.1) is 0 Å². The van der Waals surface area contributed by atoms with Crippen LogP contribution in [0.4, 0.5) is 0 Å². The Balaban J connectivity index is 0.00000529. The van der Waals surface area contributed by atoms with E-state index in [0.717, 1.165) is 12.8 Å². The highest BCUT2D eigenvalue weighted by molar-refractivity contribution is 6.92. The molecule has 0 aromatic heterocycles. The number of hydrogen-bond acceptors (Lipinski definition) is 1. The predicted octanol–water partition coefficient (Wildman–Crippen LogP) is 7.26. The third-order valence-electron chi connectivity index (χ3n) is 4.83. The van der Waals surface area contributed by atoms with Gasteiger partial charge in [0.2, 0.25) is 0 Å². The molecule has 0 saturated carbocycles. The van der Waals surface area contributed by atoms with Gasteiger partial charge in [0.15, 0.2) is 0 Å². The number of benzene rings is 1. The molecule has 0 aliphatic rings. The van der Waals surface area contributed by atoms with Gasteiger partial charge in [0.25, 0.3) is 0 Å². The Morgan fingerprint density at radius 2 is 1.17 bits per heavy atom. The zero-order chi connectivity index (χ0) is 16.8. The number of phenolic OH excluding ortho intramolecular Hbond substituents is 1. The van der Waals surface area contributed by atoms with E-state index in [1.54, 1.807) is 0 Å². The summed E-state index contributed by atoms with van der Waals surface area (Å²) >= 11 is 0. The Hall–Kier alpha value is -0.550. The van der Waals surface area contributed by atoms with Gasteiger partial charge in [-0.15, -0.1) is 0 Å². The van der Waals surface area contributed by atoms with Crippen molar-refractivity contribution in [2.24, 2.45) is 0 Å². The van der Waals surface area contributed by atoms with E-state index in [0.29, 0.717) is 5.75 Å². The monoisotopic (exact) mass is 352 g/mol. The van der Waals surface area contributed by atoms with Crippen LogP contribution in [0.3, 0.4) is 0 Å². The molecule has 24 heavy (non-hydrogen) atoms. The lowest BCUT2D eigenvalue weighted by Gasteiger charge is -2.12. The molecule has 0 fully saturated rings. The maximum atomic E-state index is 10.2. The molecule has 0 spiro atoms. The number of hydrogen-bond donors (Lipinski definition) is 1. The lowest BCUT2D eigenvalue weighted by Crippen LogP contribution is -1.96. The average Bonchev–Trinajstić information content (AvgIpc) is 2.56. The molecule has 1 unspecified atom stereocenters. The van der Waals surface area contributed by atoms with Crippen LogP contribution in [0.1, 0.15) is 102 Å². The first-order valence-electron chi connectivity index (χ1n) is 10.1. The standard InChI is InChI=1S/C22H38O.H3P/c1-3-5-7-9-11-13-16-20-17-15-19-22(23)21(20)18-14-12-10-8-6-4-2;/h15,17,19,23H,3-14,16,18H2,1-2H3;1H3. The third-order valence-corrected chi connectivity index (χ3v) is 4.83. The molecule has 0 bridgehead atoms. The van der Waals surface area contributed by atoms with Gasteiger partial charge in [-0.2, -0.15) is 9.90 Å². The molecular weight excluding hydrogens is 311 g/mol. The molecule has 0 saturated heterocycles. The fourth-order valence-corrected chi connectivity index (χ4v) is 3.32. The molecule has 0 aliphatic carbocycles. The van der Waals surface area contributed by atoms with Crippen molar-refractivity contribution in [3.05, 3.63) is 29.3 Å². The van der Waals surface area contributed by atoms with Gasteiger partial charge in [0, 0.05) is 0 Å². The molecule has 1 atom stereocenters. The van der Waals surface area contributed by atoms with Gasteiger partial charge in [-0.25, -0.2) is 0 Å². The van der Waals surface area contributed by atoms with E-state index in [1.165, 1.54) is 88.2 Å². The Labute approximate surface area is 154 Å². The van der Waals surface area contributed by atoms with E-state index in [4.69, 9.17) is 0 Å². The molecule has 1 aromatic carbocycles. The molecule has 0 radical (unpaired) electrons. The summed E-state index contributed by atoms with van der Waals surface area (Å²) in [5, 5.41) is 10.2. The van der Waals surface area contributed by atoms with E-state index in [-0.39, 0.29) is 9.90 Å². The van der Waals surface area contributed by atoms with Crippen LogP contribution >= 0.6 is 9.90 Å². The van der Waals surface area contributed by atoms with Gasteiger partial charge in [-0.3, -0.25) is 0 Å². The van der Waals surface area contributed by atoms with Crippen LogP contribution in [-0.2, 0) is 12.8 Å². The molecule has 2 heteroatoms. The molecular formula is C22H41OP. The summed E-state index contributed by atoms with van der Waals surface area (Å²) in [4.78, 5) is 0. The molecule has 1 nitrogen and oxygen atoms in total. The second-order valence-electron chi connectivity index (χ2n) is 6.95. The predicted molar refractivity (Wildman–Crippen MR) is 113 cm³/mol. The van der Waals surface area contributed by atoms with E-state index in [2.05, 4.69) is 19.9 Å². The first-order chi connectivity index (χ1) is 11.3. The highest BCUT2D eigenvalue weighted by Crippen LogP contribution is 2.25. The van der Waals surface area contributed by atoms with Gasteiger partial charge >= 0.3 is 0 Å². The van der Waals surface area contributed by atoms with Gasteiger partial charge in [0.05, 0.1) is 0 Å². The SMILES string of the molecule is CCCCCCCCc1cccc(O)c1CCCCCCCC.P. The minimum atomic E-state index is 0. The lowest BCUT2D eigenvalue weighted by molar-refractivity contribution is 0.464. The fourth-order valence-electron chi connectivity index (χ4n) is 3.32. The summed E-state index contributed by atoms with van der Waals surface area (Å²) in [6.45, 7) is 4.53. The summed E-state index contributed by atoms with van der Waals surface area (Å²) in [6.07, 6.45) is 18.1. The number of rotatable bonds is 14. The third kappa shape index (κ3) is 10.3. The highest BCUT2D eigenvalue weighted by atomic mass is 31.0. The highest BCUT2D eigenvalue weighted by Gasteiger charge is 2.07. The van der Waals surface area contributed by atoms with Crippen molar-refractivity contribution in [1.29, 1.82) is 0 Å². The first kappa shape index (κ1) is 23.4. The minimum absolute atomic E-state index is 0. The number of unbranched alkanes of at least 4 members (excludes halogenated alkanes) is 10. The van der Waals surface area contributed by atoms with Crippen molar-refractivity contribution < 1.29 is 5.11 Å². The minimum Gasteiger partial charge on any atom is -0.508 e. The Bertz CT molecular complexity index is 403. The number of aryl methyl sites for hydroxylation is 1. The van der Waals surface area contributed by atoms with E-state index in [1.807, 2.05) is 12.1 Å². The van der Waals surface area contributed by atoms with Crippen LogP contribution in [0.15, 0.2) is 18.2 Å². The van der Waals surface area contributed by atoms with Crippen molar-refractivity contribution >= 4 is 9.90 Å². The first-order valence-corrected chi connectivity index (χ1v) is 10.1. The molecule has 1 aromatic rings. The number of aromatic hydroxyl groups is 1. The lowest BCUT2D eigenvalue weighted by atomic mass is 9.95. The van der Waals surface area contributed by atoms with Crippen LogP contribution in [0.2, 0.25) is 0 Å². The van der Waals surface area contributed by atoms with Gasteiger partial charge in [0.1, 0.15) is 5.75 Å². The summed E-state index contributed by atoms with van der Waals surface area (Å²) in [7, 11) is 0. The van der Waals surface area contributed by atoms with Crippen LogP contribution in [0.25, 0.3) is 0 Å². The largest absolute Gasteiger partial charge is 0.508 e. The van der Waals surface area contributed by atoms with Crippen molar-refractivity contribution in [1.82, 2.24) is 0 Å². The molecule has 0 amide bonds. The number of phenols is 1. The van der Waals surface area contributed by atoms with Crippen LogP contribution in [0.5, 0.6) is 5.75 Å². The van der Waals surface area contributed by atoms with Crippen LogP contribution in [-0.4, -0.2) is 5.11 Å². The average molecular weight is 353 g/mol.